The lowest BCUT2D eigenvalue weighted by molar-refractivity contribution is -0.160. The topological polar surface area (TPSA) is 83.7 Å². The summed E-state index contributed by atoms with van der Waals surface area (Å²) in [6.07, 6.45) is 2.76. The van der Waals surface area contributed by atoms with Crippen molar-refractivity contribution < 1.29 is 23.4 Å². The molecule has 2 aromatic heterocycles. The predicted octanol–water partition coefficient (Wildman–Crippen LogP) is 6.63. The molecule has 0 amide bonds. The lowest BCUT2D eigenvalue weighted by Gasteiger charge is -2.19. The molecule has 4 aromatic rings. The van der Waals surface area contributed by atoms with Gasteiger partial charge in [-0.2, -0.15) is 0 Å². The van der Waals surface area contributed by atoms with Gasteiger partial charge in [0.2, 0.25) is 11.6 Å². The summed E-state index contributed by atoms with van der Waals surface area (Å²) in [7, 11) is 0. The number of carbonyl (C=O) groups is 1. The number of carbonyl (C=O) groups excluding carboxylic acids is 1. The molecule has 1 atom stereocenters. The van der Waals surface area contributed by atoms with Crippen LogP contribution in [0.2, 0.25) is 0 Å². The zero-order chi connectivity index (χ0) is 26.4. The van der Waals surface area contributed by atoms with Crippen LogP contribution in [0, 0.1) is 0 Å². The number of rotatable bonds is 10. The van der Waals surface area contributed by atoms with Crippen molar-refractivity contribution in [3.05, 3.63) is 66.5 Å². The highest BCUT2D eigenvalue weighted by atomic mass is 16.6. The minimum atomic E-state index is -0.535. The Morgan fingerprint density at radius 1 is 1.00 bits per heavy atom. The van der Waals surface area contributed by atoms with E-state index < -0.39 is 5.60 Å². The van der Waals surface area contributed by atoms with Crippen molar-refractivity contribution in [2.45, 2.75) is 59.2 Å². The van der Waals surface area contributed by atoms with Gasteiger partial charge >= 0.3 is 5.97 Å². The molecule has 0 radical (unpaired) electrons. The maximum absolute atomic E-state index is 11.9. The predicted molar refractivity (Wildman–Crippen MR) is 143 cm³/mol. The molecule has 2 aromatic carbocycles. The van der Waals surface area contributed by atoms with Gasteiger partial charge in [0.05, 0.1) is 12.7 Å². The minimum Gasteiger partial charge on any atom is -0.474 e. The number of esters is 1. The van der Waals surface area contributed by atoms with Crippen LogP contribution in [0.25, 0.3) is 33.6 Å². The summed E-state index contributed by atoms with van der Waals surface area (Å²) in [5.41, 5.74) is 4.03. The summed E-state index contributed by atoms with van der Waals surface area (Å²) in [6.45, 7) is 9.81. The standard InChI is InChI=1S/C30H34N2O5/c1-6-21-12-14-22(15-13-21)25-26-28(35-20(2)16-17-34-18-24(33)37-30(3,4)5)31-19-32-29(26)36-27(25)23-10-8-7-9-11-23/h7-15,19-20H,6,16-18H2,1-5H3. The van der Waals surface area contributed by atoms with Crippen LogP contribution in [-0.4, -0.2) is 40.9 Å². The Balaban J connectivity index is 1.58. The number of aryl methyl sites for hydroxylation is 1. The first-order chi connectivity index (χ1) is 17.7. The Labute approximate surface area is 217 Å². The summed E-state index contributed by atoms with van der Waals surface area (Å²) in [4.78, 5) is 20.7. The first kappa shape index (κ1) is 26.4. The Morgan fingerprint density at radius 2 is 1.73 bits per heavy atom. The van der Waals surface area contributed by atoms with E-state index in [2.05, 4.69) is 41.2 Å². The lowest BCUT2D eigenvalue weighted by atomic mass is 9.98. The number of hydrogen-bond acceptors (Lipinski definition) is 7. The van der Waals surface area contributed by atoms with Crippen LogP contribution in [0.1, 0.15) is 46.6 Å². The van der Waals surface area contributed by atoms with E-state index in [0.29, 0.717) is 24.6 Å². The van der Waals surface area contributed by atoms with Crippen LogP contribution in [0.5, 0.6) is 5.88 Å². The van der Waals surface area contributed by atoms with Crippen molar-refractivity contribution in [1.82, 2.24) is 9.97 Å². The van der Waals surface area contributed by atoms with Crippen molar-refractivity contribution in [2.75, 3.05) is 13.2 Å². The lowest BCUT2D eigenvalue weighted by Crippen LogP contribution is -2.27. The smallest absolute Gasteiger partial charge is 0.332 e. The van der Waals surface area contributed by atoms with Crippen molar-refractivity contribution in [3.8, 4) is 28.3 Å². The fraction of sp³-hybridized carbons (Fsp3) is 0.367. The second-order valence-corrected chi connectivity index (χ2v) is 9.94. The average Bonchev–Trinajstić information content (AvgIpc) is 3.27. The number of furan rings is 1. The fourth-order valence-electron chi connectivity index (χ4n) is 4.00. The van der Waals surface area contributed by atoms with Gasteiger partial charge in [-0.05, 0) is 45.2 Å². The minimum absolute atomic E-state index is 0.0954. The molecule has 0 fully saturated rings. The second-order valence-electron chi connectivity index (χ2n) is 9.94. The first-order valence-corrected chi connectivity index (χ1v) is 12.6. The Morgan fingerprint density at radius 3 is 2.41 bits per heavy atom. The quantitative estimate of drug-likeness (QED) is 0.178. The van der Waals surface area contributed by atoms with Crippen LogP contribution in [0.4, 0.5) is 0 Å². The van der Waals surface area contributed by atoms with Crippen LogP contribution >= 0.6 is 0 Å². The summed E-state index contributed by atoms with van der Waals surface area (Å²) in [5.74, 6) is 0.785. The Bertz CT molecular complexity index is 1320. The SMILES string of the molecule is CCc1ccc(-c2c(-c3ccccc3)oc3ncnc(OC(C)CCOCC(=O)OC(C)(C)C)c23)cc1. The van der Waals surface area contributed by atoms with Gasteiger partial charge in [-0.15, -0.1) is 0 Å². The van der Waals surface area contributed by atoms with Gasteiger partial charge in [0.15, 0.2) is 0 Å². The van der Waals surface area contributed by atoms with Crippen LogP contribution in [0.15, 0.2) is 65.3 Å². The van der Waals surface area contributed by atoms with Crippen LogP contribution in [-0.2, 0) is 20.7 Å². The molecular weight excluding hydrogens is 468 g/mol. The van der Waals surface area contributed by atoms with Crippen molar-refractivity contribution in [1.29, 1.82) is 0 Å². The second kappa shape index (κ2) is 11.6. The first-order valence-electron chi connectivity index (χ1n) is 12.6. The fourth-order valence-corrected chi connectivity index (χ4v) is 4.00. The van der Waals surface area contributed by atoms with Crippen LogP contribution in [0.3, 0.4) is 0 Å². The monoisotopic (exact) mass is 502 g/mol. The third kappa shape index (κ3) is 6.74. The highest BCUT2D eigenvalue weighted by molar-refractivity contribution is 6.03. The van der Waals surface area contributed by atoms with E-state index in [4.69, 9.17) is 18.6 Å². The molecule has 0 spiro atoms. The zero-order valence-electron chi connectivity index (χ0n) is 22.1. The molecule has 0 bridgehead atoms. The van der Waals surface area contributed by atoms with Gasteiger partial charge in [-0.1, -0.05) is 61.5 Å². The number of nitrogens with zero attached hydrogens (tertiary/aromatic N) is 2. The molecule has 0 aliphatic carbocycles. The van der Waals surface area contributed by atoms with E-state index in [1.54, 1.807) is 0 Å². The molecule has 194 valence electrons. The van der Waals surface area contributed by atoms with Crippen LogP contribution < -0.4 is 4.74 Å². The van der Waals surface area contributed by atoms with Gasteiger partial charge in [-0.25, -0.2) is 14.8 Å². The molecule has 0 aliphatic rings. The largest absolute Gasteiger partial charge is 0.474 e. The molecule has 7 heteroatoms. The summed E-state index contributed by atoms with van der Waals surface area (Å²) in [6, 6.07) is 18.4. The van der Waals surface area contributed by atoms with E-state index in [9.17, 15) is 4.79 Å². The average molecular weight is 503 g/mol. The molecule has 4 rings (SSSR count). The van der Waals surface area contributed by atoms with E-state index >= 15 is 0 Å². The number of fused-ring (bicyclic) bond motifs is 1. The number of ether oxygens (including phenoxy) is 3. The highest BCUT2D eigenvalue weighted by Gasteiger charge is 2.24. The van der Waals surface area contributed by atoms with Crippen molar-refractivity contribution >= 4 is 17.1 Å². The van der Waals surface area contributed by atoms with Gasteiger partial charge in [0.1, 0.15) is 29.7 Å². The molecule has 2 heterocycles. The summed E-state index contributed by atoms with van der Waals surface area (Å²) < 4.78 is 23.3. The van der Waals surface area contributed by atoms with Gasteiger partial charge in [0.25, 0.3) is 0 Å². The summed E-state index contributed by atoms with van der Waals surface area (Å²) >= 11 is 0. The number of benzene rings is 2. The molecule has 0 saturated carbocycles. The zero-order valence-corrected chi connectivity index (χ0v) is 22.1. The Hall–Kier alpha value is -3.71. The Kier molecular flexibility index (Phi) is 8.24. The van der Waals surface area contributed by atoms with Crippen molar-refractivity contribution in [3.63, 3.8) is 0 Å². The molecule has 1 unspecified atom stereocenters. The van der Waals surface area contributed by atoms with Gasteiger partial charge < -0.3 is 18.6 Å². The van der Waals surface area contributed by atoms with Crippen molar-refractivity contribution in [2.24, 2.45) is 0 Å². The molecule has 37 heavy (non-hydrogen) atoms. The van der Waals surface area contributed by atoms with E-state index in [-0.39, 0.29) is 18.7 Å². The summed E-state index contributed by atoms with van der Waals surface area (Å²) in [5, 5.41) is 0.729. The maximum Gasteiger partial charge on any atom is 0.332 e. The van der Waals surface area contributed by atoms with Gasteiger partial charge in [-0.3, -0.25) is 0 Å². The third-order valence-corrected chi connectivity index (χ3v) is 5.76. The molecule has 0 saturated heterocycles. The maximum atomic E-state index is 11.9. The number of hydrogen-bond donors (Lipinski definition) is 0. The van der Waals surface area contributed by atoms with E-state index in [1.165, 1.54) is 11.9 Å². The third-order valence-electron chi connectivity index (χ3n) is 5.76. The van der Waals surface area contributed by atoms with Gasteiger partial charge in [0, 0.05) is 17.5 Å². The molecule has 0 N–H and O–H groups in total. The molecule has 7 nitrogen and oxygen atoms in total. The number of aromatic nitrogens is 2. The molecular formula is C30H34N2O5. The normalized spacial score (nSPS) is 12.5. The molecule has 0 aliphatic heterocycles. The highest BCUT2D eigenvalue weighted by Crippen LogP contribution is 2.43. The van der Waals surface area contributed by atoms with E-state index in [1.807, 2.05) is 58.0 Å². The van der Waals surface area contributed by atoms with E-state index in [0.717, 1.165) is 34.3 Å².